The molecule has 28 nitrogen and oxygen atoms in total. The van der Waals surface area contributed by atoms with E-state index in [1.165, 1.54) is 19.6 Å². The minimum Gasteiger partial charge on any atom is -0.353 e. The van der Waals surface area contributed by atoms with Crippen LogP contribution in [-0.2, 0) is 57.5 Å². The zero-order valence-corrected chi connectivity index (χ0v) is 35.7. The summed E-state index contributed by atoms with van der Waals surface area (Å²) in [6, 6.07) is 0. The van der Waals surface area contributed by atoms with Crippen molar-refractivity contribution >= 4 is 70.9 Å². The molecule has 4 bridgehead atoms. The maximum Gasteiger partial charge on any atom is 0.234 e. The molecule has 12 N–H and O–H groups in total. The fourth-order valence-corrected chi connectivity index (χ4v) is 6.20. The molecule has 356 valence electrons. The lowest BCUT2D eigenvalue weighted by Crippen LogP contribution is -2.51. The Balaban J connectivity index is 1.80. The highest BCUT2D eigenvalue weighted by Gasteiger charge is 2.23. The van der Waals surface area contributed by atoms with Gasteiger partial charge in [-0.2, -0.15) is 0 Å². The molecule has 6 heterocycles. The van der Waals surface area contributed by atoms with Crippen LogP contribution >= 0.6 is 0 Å². The number of hydrogen-bond donors (Lipinski definition) is 12. The number of nitrogens with zero attached hydrogens (tertiary/aromatic N) is 4. The van der Waals surface area contributed by atoms with Gasteiger partial charge in [0.25, 0.3) is 0 Å². The van der Waals surface area contributed by atoms with Crippen LogP contribution in [0.15, 0.2) is 0 Å². The van der Waals surface area contributed by atoms with Crippen molar-refractivity contribution in [3.05, 3.63) is 0 Å². The van der Waals surface area contributed by atoms with Crippen molar-refractivity contribution in [3.63, 3.8) is 0 Å². The van der Waals surface area contributed by atoms with E-state index >= 15 is 0 Å². The van der Waals surface area contributed by atoms with Crippen LogP contribution in [0.4, 0.5) is 0 Å². The van der Waals surface area contributed by atoms with E-state index in [-0.39, 0.29) is 131 Å². The van der Waals surface area contributed by atoms with E-state index in [1.807, 2.05) is 0 Å². The van der Waals surface area contributed by atoms with Gasteiger partial charge in [0.1, 0.15) is 0 Å². The Morgan fingerprint density at radius 3 is 0.328 bits per heavy atom. The molecular weight excluding hydrogens is 848 g/mol. The largest absolute Gasteiger partial charge is 0.353 e. The first-order valence-electron chi connectivity index (χ1n) is 20.7. The quantitative estimate of drug-likeness (QED) is 0.107. The second-order valence-electron chi connectivity index (χ2n) is 14.8. The summed E-state index contributed by atoms with van der Waals surface area (Å²) in [6.07, 6.45) is 0. The van der Waals surface area contributed by atoms with Gasteiger partial charge in [-0.15, -0.1) is 0 Å². The molecule has 0 aliphatic carbocycles. The van der Waals surface area contributed by atoms with E-state index in [0.29, 0.717) is 0 Å². The monoisotopic (exact) mass is 908 g/mol. The van der Waals surface area contributed by atoms with Crippen molar-refractivity contribution in [2.24, 2.45) is 0 Å². The first-order chi connectivity index (χ1) is 30.6. The average molecular weight is 909 g/mol. The van der Waals surface area contributed by atoms with Gasteiger partial charge < -0.3 is 63.8 Å². The highest BCUT2D eigenvalue weighted by molar-refractivity contribution is 5.87. The van der Waals surface area contributed by atoms with Crippen LogP contribution in [0.1, 0.15) is 0 Å². The van der Waals surface area contributed by atoms with Crippen molar-refractivity contribution in [2.75, 3.05) is 157 Å². The standard InChI is InChI=1S/C36H60N16O12/c53-25-13-49-15-27(55)39-3-4-40-28(56)16-50(14-26(54)38-2-1-37-25)22-34(62)46-11-12-48-36(64)24-52-19-31(59)43-7-5-41-29(57)17-51(18-30(58)42-6-8-44-32(60)20-52)23-35(63)47-10-9-45-33(61)21-49/h1-24H2,(H,37,53)(H,38,54)(H,39,55)(H,40,56)(H,41,57)(H,42,58)(H,43,59)(H,44,60)(H,45,61)(H,46,62)(H,47,63)(H,48,64). The topological polar surface area (TPSA) is 362 Å². The zero-order chi connectivity index (χ0) is 46.7. The highest BCUT2D eigenvalue weighted by atomic mass is 16.2. The molecule has 0 spiro atoms. The number of carbonyl (C=O) groups is 12. The minimum atomic E-state index is -0.588. The molecule has 6 fully saturated rings. The first-order valence-corrected chi connectivity index (χ1v) is 20.7. The number of amides is 12. The maximum atomic E-state index is 12.9. The van der Waals surface area contributed by atoms with Crippen LogP contribution in [0.3, 0.4) is 0 Å². The SMILES string of the molecule is O=C1CN2CC(=O)NCCNC(=O)CN(CC(=O)NCCN1)CC(=O)NCCNC(=O)CN1CC(=O)NCCNC(=O)CN(CC(=O)NCCNC(=O)C1)CC(=O)NCCNC(=O)C2. The van der Waals surface area contributed by atoms with Crippen LogP contribution in [0, 0.1) is 0 Å². The Hall–Kier alpha value is -6.52. The van der Waals surface area contributed by atoms with Crippen LogP contribution in [-0.4, -0.2) is 248 Å². The summed E-state index contributed by atoms with van der Waals surface area (Å²) in [6.45, 7) is -5.19. The molecule has 0 unspecified atom stereocenters. The average Bonchev–Trinajstić information content (AvgIpc) is 3.20. The predicted octanol–water partition coefficient (Wildman–Crippen LogP) is -11.4. The number of carbonyl (C=O) groups excluding carboxylic acids is 12. The summed E-state index contributed by atoms with van der Waals surface area (Å²) in [5.41, 5.74) is 0. The maximum absolute atomic E-state index is 12.9. The molecular formula is C36H60N16O12. The fourth-order valence-electron chi connectivity index (χ4n) is 6.20. The summed E-state index contributed by atoms with van der Waals surface area (Å²) in [5.74, 6) is -6.80. The molecule has 0 saturated carbocycles. The van der Waals surface area contributed by atoms with Crippen LogP contribution in [0.2, 0.25) is 0 Å². The van der Waals surface area contributed by atoms with Gasteiger partial charge in [-0.3, -0.25) is 77.1 Å². The van der Waals surface area contributed by atoms with Crippen molar-refractivity contribution < 1.29 is 57.5 Å². The number of nitrogens with one attached hydrogen (secondary N) is 12. The van der Waals surface area contributed by atoms with E-state index in [0.717, 1.165) is 0 Å². The molecule has 6 aliphatic rings. The van der Waals surface area contributed by atoms with Gasteiger partial charge in [0.2, 0.25) is 70.9 Å². The lowest BCUT2D eigenvalue weighted by atomic mass is 10.3. The van der Waals surface area contributed by atoms with E-state index in [4.69, 9.17) is 0 Å². The predicted molar refractivity (Wildman–Crippen MR) is 222 cm³/mol. The van der Waals surface area contributed by atoms with E-state index in [9.17, 15) is 57.5 Å². The minimum absolute atomic E-state index is 0.0336. The summed E-state index contributed by atoms with van der Waals surface area (Å²) in [4.78, 5) is 159. The van der Waals surface area contributed by atoms with E-state index < -0.39 is 97.1 Å². The molecule has 12 amide bonds. The van der Waals surface area contributed by atoms with Crippen molar-refractivity contribution in [2.45, 2.75) is 0 Å². The second-order valence-corrected chi connectivity index (χ2v) is 14.8. The molecule has 0 radical (unpaired) electrons. The van der Waals surface area contributed by atoms with Crippen molar-refractivity contribution in [1.29, 1.82) is 0 Å². The normalized spacial score (nSPS) is 25.9. The van der Waals surface area contributed by atoms with Crippen molar-refractivity contribution in [1.82, 2.24) is 83.4 Å². The Bertz CT molecular complexity index is 1380. The number of hydrogen-bond acceptors (Lipinski definition) is 16. The third-order valence-electron chi connectivity index (χ3n) is 9.02. The van der Waals surface area contributed by atoms with E-state index in [2.05, 4.69) is 63.8 Å². The van der Waals surface area contributed by atoms with Crippen molar-refractivity contribution in [3.8, 4) is 0 Å². The fraction of sp³-hybridized carbons (Fsp3) is 0.667. The molecule has 0 aromatic rings. The first kappa shape index (κ1) is 51.8. The van der Waals surface area contributed by atoms with Gasteiger partial charge in [0, 0.05) is 78.5 Å². The van der Waals surface area contributed by atoms with Gasteiger partial charge in [-0.05, 0) is 0 Å². The Labute approximate surface area is 368 Å². The molecule has 0 aromatic heterocycles. The third kappa shape index (κ3) is 23.6. The molecule has 64 heavy (non-hydrogen) atoms. The van der Waals surface area contributed by atoms with Gasteiger partial charge >= 0.3 is 0 Å². The van der Waals surface area contributed by atoms with Crippen LogP contribution < -0.4 is 63.8 Å². The van der Waals surface area contributed by atoms with Gasteiger partial charge in [0.05, 0.1) is 78.5 Å². The molecule has 6 saturated heterocycles. The molecule has 28 heteroatoms. The molecule has 6 aliphatic heterocycles. The Kier molecular flexibility index (Phi) is 23.5. The summed E-state index contributed by atoms with van der Waals surface area (Å²) < 4.78 is 0. The summed E-state index contributed by atoms with van der Waals surface area (Å²) in [5, 5.41) is 31.1. The number of rotatable bonds is 0. The Morgan fingerprint density at radius 1 is 0.172 bits per heavy atom. The molecule has 0 atom stereocenters. The van der Waals surface area contributed by atoms with E-state index in [1.54, 1.807) is 0 Å². The second kappa shape index (κ2) is 29.0. The molecule has 0 aromatic carbocycles. The van der Waals surface area contributed by atoms with Gasteiger partial charge in [-0.1, -0.05) is 0 Å². The Morgan fingerprint density at radius 2 is 0.250 bits per heavy atom. The van der Waals surface area contributed by atoms with Gasteiger partial charge in [0.15, 0.2) is 0 Å². The summed E-state index contributed by atoms with van der Waals surface area (Å²) in [7, 11) is 0. The lowest BCUT2D eigenvalue weighted by molar-refractivity contribution is -0.131. The smallest absolute Gasteiger partial charge is 0.234 e. The van der Waals surface area contributed by atoms with Gasteiger partial charge in [-0.25, -0.2) is 0 Å². The van der Waals surface area contributed by atoms with Crippen LogP contribution in [0.5, 0.6) is 0 Å². The lowest BCUT2D eigenvalue weighted by Gasteiger charge is -2.23. The zero-order valence-electron chi connectivity index (χ0n) is 35.7. The summed E-state index contributed by atoms with van der Waals surface area (Å²) >= 11 is 0. The van der Waals surface area contributed by atoms with Crippen LogP contribution in [0.25, 0.3) is 0 Å². The third-order valence-corrected chi connectivity index (χ3v) is 9.02. The highest BCUT2D eigenvalue weighted by Crippen LogP contribution is 1.94. The molecule has 6 rings (SSSR count).